The molecule has 1 heterocycles. The third-order valence-electron chi connectivity index (χ3n) is 3.51. The summed E-state index contributed by atoms with van der Waals surface area (Å²) in [5, 5.41) is 3.64. The second-order valence-corrected chi connectivity index (χ2v) is 7.21. The molecule has 1 rings (SSSR count). The molecule has 1 atom stereocenters. The van der Waals surface area contributed by atoms with Gasteiger partial charge in [-0.2, -0.15) is 0 Å². The maximum Gasteiger partial charge on any atom is 0.0486 e. The number of rotatable bonds is 4. The Morgan fingerprint density at radius 2 is 2.14 bits per heavy atom. The van der Waals surface area contributed by atoms with Gasteiger partial charge in [0.1, 0.15) is 0 Å². The lowest BCUT2D eigenvalue weighted by molar-refractivity contribution is -0.0269. The van der Waals surface area contributed by atoms with Crippen molar-refractivity contribution >= 4 is 10.2 Å². The molecule has 0 aromatic heterocycles. The van der Waals surface area contributed by atoms with Gasteiger partial charge in [-0.1, -0.05) is 0 Å². The Labute approximate surface area is 91.2 Å². The highest BCUT2D eigenvalue weighted by Crippen LogP contribution is 2.28. The topological polar surface area (TPSA) is 21.3 Å². The standard InChI is InChI=1S/C11H25NOSi/c1-10(2,12-3)7-8-11(14)6-4-5-9-13-11/h12H,4-9H2,1-3,14H3. The monoisotopic (exact) mass is 215 g/mol. The van der Waals surface area contributed by atoms with Crippen LogP contribution in [0.5, 0.6) is 0 Å². The van der Waals surface area contributed by atoms with Crippen LogP contribution >= 0.6 is 0 Å². The Morgan fingerprint density at radius 1 is 1.43 bits per heavy atom. The van der Waals surface area contributed by atoms with Gasteiger partial charge in [0.15, 0.2) is 0 Å². The Bertz CT molecular complexity index is 176. The second kappa shape index (κ2) is 4.77. The van der Waals surface area contributed by atoms with E-state index in [9.17, 15) is 0 Å². The van der Waals surface area contributed by atoms with Gasteiger partial charge in [0.2, 0.25) is 0 Å². The largest absolute Gasteiger partial charge is 0.380 e. The number of hydrogen-bond acceptors (Lipinski definition) is 2. The van der Waals surface area contributed by atoms with Crippen molar-refractivity contribution in [2.24, 2.45) is 0 Å². The van der Waals surface area contributed by atoms with E-state index in [-0.39, 0.29) is 10.8 Å². The molecule has 1 fully saturated rings. The summed E-state index contributed by atoms with van der Waals surface area (Å²) in [6, 6.07) is 0. The SMILES string of the molecule is CNC(C)(C)CCC1([SiH3])CCCCO1. The minimum absolute atomic E-state index is 0.262. The van der Waals surface area contributed by atoms with Crippen LogP contribution in [-0.4, -0.2) is 34.7 Å². The average molecular weight is 215 g/mol. The Morgan fingerprint density at radius 3 is 2.64 bits per heavy atom. The molecule has 3 heteroatoms. The summed E-state index contributed by atoms with van der Waals surface area (Å²) < 4.78 is 5.94. The zero-order chi connectivity index (χ0) is 10.7. The third kappa shape index (κ3) is 3.71. The second-order valence-electron chi connectivity index (χ2n) is 5.39. The summed E-state index contributed by atoms with van der Waals surface area (Å²) in [5.74, 6) is 0. The lowest BCUT2D eigenvalue weighted by Gasteiger charge is -2.37. The van der Waals surface area contributed by atoms with Gasteiger partial charge in [0.25, 0.3) is 0 Å². The molecule has 0 aromatic carbocycles. The summed E-state index contributed by atoms with van der Waals surface area (Å²) in [4.78, 5) is 0. The predicted octanol–water partition coefficient (Wildman–Crippen LogP) is 1.03. The van der Waals surface area contributed by atoms with E-state index >= 15 is 0 Å². The maximum absolute atomic E-state index is 5.94. The van der Waals surface area contributed by atoms with Crippen molar-refractivity contribution in [3.63, 3.8) is 0 Å². The van der Waals surface area contributed by atoms with Crippen molar-refractivity contribution in [3.05, 3.63) is 0 Å². The van der Waals surface area contributed by atoms with Crippen molar-refractivity contribution in [3.8, 4) is 0 Å². The summed E-state index contributed by atoms with van der Waals surface area (Å²) in [7, 11) is 3.22. The Balaban J connectivity index is 2.35. The van der Waals surface area contributed by atoms with E-state index < -0.39 is 0 Å². The summed E-state index contributed by atoms with van der Waals surface area (Å²) in [6.45, 7) is 5.52. The molecule has 2 nitrogen and oxygen atoms in total. The van der Waals surface area contributed by atoms with Crippen LogP contribution in [0.25, 0.3) is 0 Å². The first-order valence-corrected chi connectivity index (χ1v) is 6.80. The van der Waals surface area contributed by atoms with Gasteiger partial charge in [0, 0.05) is 27.6 Å². The van der Waals surface area contributed by atoms with Crippen LogP contribution in [0.2, 0.25) is 0 Å². The number of nitrogens with one attached hydrogen (secondary N) is 1. The van der Waals surface area contributed by atoms with E-state index in [1.165, 1.54) is 42.3 Å². The van der Waals surface area contributed by atoms with Gasteiger partial charge in [0.05, 0.1) is 0 Å². The van der Waals surface area contributed by atoms with Crippen molar-refractivity contribution in [1.29, 1.82) is 0 Å². The normalized spacial score (nSPS) is 29.4. The molecule has 0 radical (unpaired) electrons. The molecule has 0 amide bonds. The zero-order valence-corrected chi connectivity index (χ0v) is 12.2. The molecular formula is C11H25NOSi. The third-order valence-corrected chi connectivity index (χ3v) is 4.79. The van der Waals surface area contributed by atoms with E-state index in [1.807, 2.05) is 7.05 Å². The fourth-order valence-corrected chi connectivity index (χ4v) is 2.70. The van der Waals surface area contributed by atoms with Gasteiger partial charge in [-0.25, -0.2) is 0 Å². The van der Waals surface area contributed by atoms with Gasteiger partial charge in [-0.15, -0.1) is 0 Å². The molecule has 0 saturated carbocycles. The molecule has 1 N–H and O–H groups in total. The first-order valence-electron chi connectivity index (χ1n) is 5.80. The molecule has 0 aliphatic carbocycles. The van der Waals surface area contributed by atoms with Crippen LogP contribution in [0.3, 0.4) is 0 Å². The highest BCUT2D eigenvalue weighted by molar-refractivity contribution is 6.14. The number of ether oxygens (including phenoxy) is 1. The molecule has 84 valence electrons. The average Bonchev–Trinajstić information content (AvgIpc) is 2.17. The van der Waals surface area contributed by atoms with Crippen molar-refractivity contribution in [2.75, 3.05) is 13.7 Å². The van der Waals surface area contributed by atoms with Crippen molar-refractivity contribution in [1.82, 2.24) is 5.32 Å². The summed E-state index contributed by atoms with van der Waals surface area (Å²) in [6.07, 6.45) is 6.36. The number of hydrogen-bond donors (Lipinski definition) is 1. The van der Waals surface area contributed by atoms with Gasteiger partial charge in [-0.05, 0) is 53.0 Å². The van der Waals surface area contributed by atoms with Crippen LogP contribution in [0.15, 0.2) is 0 Å². The van der Waals surface area contributed by atoms with Crippen LogP contribution in [0, 0.1) is 0 Å². The van der Waals surface area contributed by atoms with E-state index in [2.05, 4.69) is 19.2 Å². The minimum atomic E-state index is 0.262. The molecule has 1 unspecified atom stereocenters. The molecule has 1 aliphatic rings. The van der Waals surface area contributed by atoms with Gasteiger partial charge >= 0.3 is 0 Å². The predicted molar refractivity (Wildman–Crippen MR) is 64.8 cm³/mol. The highest BCUT2D eigenvalue weighted by atomic mass is 28.1. The Kier molecular flexibility index (Phi) is 4.16. The smallest absolute Gasteiger partial charge is 0.0486 e. The molecule has 1 saturated heterocycles. The van der Waals surface area contributed by atoms with Gasteiger partial charge in [-0.3, -0.25) is 0 Å². The first-order chi connectivity index (χ1) is 6.47. The van der Waals surface area contributed by atoms with Crippen LogP contribution in [-0.2, 0) is 4.74 Å². The fraction of sp³-hybridized carbons (Fsp3) is 1.00. The van der Waals surface area contributed by atoms with E-state index in [1.54, 1.807) is 0 Å². The van der Waals surface area contributed by atoms with Crippen LogP contribution in [0.4, 0.5) is 0 Å². The van der Waals surface area contributed by atoms with E-state index in [0.717, 1.165) is 6.61 Å². The fourth-order valence-electron chi connectivity index (χ4n) is 1.89. The quantitative estimate of drug-likeness (QED) is 0.707. The van der Waals surface area contributed by atoms with E-state index in [4.69, 9.17) is 4.74 Å². The van der Waals surface area contributed by atoms with Crippen molar-refractivity contribution in [2.45, 2.75) is 56.7 Å². The molecule has 0 bridgehead atoms. The van der Waals surface area contributed by atoms with Crippen LogP contribution in [0.1, 0.15) is 46.0 Å². The Hall–Kier alpha value is 0.137. The van der Waals surface area contributed by atoms with Crippen LogP contribution < -0.4 is 5.32 Å². The minimum Gasteiger partial charge on any atom is -0.380 e. The molecule has 1 aliphatic heterocycles. The molecular weight excluding hydrogens is 190 g/mol. The lowest BCUT2D eigenvalue weighted by atomic mass is 9.93. The molecule has 0 aromatic rings. The first kappa shape index (κ1) is 12.2. The highest BCUT2D eigenvalue weighted by Gasteiger charge is 2.29. The summed E-state index contributed by atoms with van der Waals surface area (Å²) in [5.41, 5.74) is 0.262. The van der Waals surface area contributed by atoms with Gasteiger partial charge < -0.3 is 10.1 Å². The zero-order valence-electron chi connectivity index (χ0n) is 10.2. The van der Waals surface area contributed by atoms with E-state index in [0.29, 0.717) is 0 Å². The van der Waals surface area contributed by atoms with Crippen molar-refractivity contribution < 1.29 is 4.74 Å². The molecule has 14 heavy (non-hydrogen) atoms. The maximum atomic E-state index is 5.94. The summed E-state index contributed by atoms with van der Waals surface area (Å²) >= 11 is 0. The lowest BCUT2D eigenvalue weighted by Crippen LogP contribution is -2.42. The molecule has 0 spiro atoms.